The minimum atomic E-state index is -0.787. The first-order chi connectivity index (χ1) is 15.9. The average molecular weight is 471 g/mol. The Morgan fingerprint density at radius 1 is 1.12 bits per heavy atom. The fourth-order valence-electron chi connectivity index (χ4n) is 7.00. The Morgan fingerprint density at radius 2 is 1.91 bits per heavy atom. The summed E-state index contributed by atoms with van der Waals surface area (Å²) in [5.41, 5.74) is 2.42. The van der Waals surface area contributed by atoms with Crippen LogP contribution in [0.5, 0.6) is 5.75 Å². The standard InChI is InChI=1S/C26H35ClN4O2/c1-18-15-28-31(16-18)11-10-29-7-4-25-5-9-30(17-19-2-3-19)24(26(25,33)6-8-29)13-20-12-22(27)23(32)14-21(20)25/h12,14-16,19,24,32-33H,2-11,13,17H2,1H3/t24-,25+,26-/m1/s1. The zero-order valence-electron chi connectivity index (χ0n) is 19.5. The zero-order chi connectivity index (χ0) is 22.8. The van der Waals surface area contributed by atoms with Crippen molar-refractivity contribution < 1.29 is 10.2 Å². The molecule has 0 radical (unpaired) electrons. The highest BCUT2D eigenvalue weighted by molar-refractivity contribution is 6.32. The predicted octanol–water partition coefficient (Wildman–Crippen LogP) is 3.36. The fraction of sp³-hybridized carbons (Fsp3) is 0.654. The van der Waals surface area contributed by atoms with E-state index in [-0.39, 0.29) is 17.2 Å². The monoisotopic (exact) mass is 470 g/mol. The van der Waals surface area contributed by atoms with Crippen molar-refractivity contribution in [1.29, 1.82) is 0 Å². The van der Waals surface area contributed by atoms with Crippen molar-refractivity contribution in [3.05, 3.63) is 46.2 Å². The minimum Gasteiger partial charge on any atom is -0.506 e. The van der Waals surface area contributed by atoms with Gasteiger partial charge in [-0.15, -0.1) is 0 Å². The molecule has 1 aromatic carbocycles. The molecule has 2 N–H and O–H groups in total. The number of piperidine rings is 1. The number of benzene rings is 1. The number of phenols is 1. The maximum atomic E-state index is 12.6. The van der Waals surface area contributed by atoms with Crippen LogP contribution >= 0.6 is 11.6 Å². The number of hydrogen-bond donors (Lipinski definition) is 2. The highest BCUT2D eigenvalue weighted by Crippen LogP contribution is 2.57. The molecule has 4 aliphatic rings. The summed E-state index contributed by atoms with van der Waals surface area (Å²) in [4.78, 5) is 5.08. The van der Waals surface area contributed by atoms with Crippen molar-refractivity contribution in [2.45, 2.75) is 69.1 Å². The van der Waals surface area contributed by atoms with Gasteiger partial charge in [0.25, 0.3) is 0 Å². The van der Waals surface area contributed by atoms with Crippen LogP contribution in [0.1, 0.15) is 48.8 Å². The normalized spacial score (nSPS) is 32.3. The maximum absolute atomic E-state index is 12.6. The number of phenolic OH excluding ortho intramolecular Hbond substituents is 1. The van der Waals surface area contributed by atoms with Crippen molar-refractivity contribution in [3.8, 4) is 5.75 Å². The summed E-state index contributed by atoms with van der Waals surface area (Å²) in [5.74, 6) is 0.937. The van der Waals surface area contributed by atoms with E-state index in [4.69, 9.17) is 11.6 Å². The lowest BCUT2D eigenvalue weighted by Crippen LogP contribution is -2.71. The van der Waals surface area contributed by atoms with Crippen LogP contribution in [0.3, 0.4) is 0 Å². The Morgan fingerprint density at radius 3 is 2.67 bits per heavy atom. The number of halogens is 1. The summed E-state index contributed by atoms with van der Waals surface area (Å²) in [5, 5.41) is 27.9. The Labute approximate surface area is 201 Å². The molecule has 3 fully saturated rings. The molecule has 2 saturated heterocycles. The van der Waals surface area contributed by atoms with Crippen LogP contribution in [0.15, 0.2) is 24.5 Å². The highest BCUT2D eigenvalue weighted by atomic mass is 35.5. The lowest BCUT2D eigenvalue weighted by Gasteiger charge is -2.61. The molecular weight excluding hydrogens is 436 g/mol. The van der Waals surface area contributed by atoms with Crippen LogP contribution in [-0.4, -0.2) is 74.2 Å². The highest BCUT2D eigenvalue weighted by Gasteiger charge is 2.63. The smallest absolute Gasteiger partial charge is 0.134 e. The molecule has 1 saturated carbocycles. The van der Waals surface area contributed by atoms with E-state index in [1.807, 2.05) is 23.0 Å². The van der Waals surface area contributed by atoms with Gasteiger partial charge in [-0.2, -0.15) is 5.10 Å². The van der Waals surface area contributed by atoms with Gasteiger partial charge >= 0.3 is 0 Å². The van der Waals surface area contributed by atoms with Gasteiger partial charge in [-0.1, -0.05) is 11.6 Å². The van der Waals surface area contributed by atoms with Crippen molar-refractivity contribution in [3.63, 3.8) is 0 Å². The van der Waals surface area contributed by atoms with Gasteiger partial charge in [0, 0.05) is 37.3 Å². The first-order valence-electron chi connectivity index (χ1n) is 12.6. The number of aliphatic hydroxyl groups is 1. The largest absolute Gasteiger partial charge is 0.506 e. The molecule has 178 valence electrons. The lowest BCUT2D eigenvalue weighted by atomic mass is 9.52. The van der Waals surface area contributed by atoms with Crippen molar-refractivity contribution in [2.75, 3.05) is 32.7 Å². The van der Waals surface area contributed by atoms with E-state index in [0.29, 0.717) is 5.02 Å². The quantitative estimate of drug-likeness (QED) is 0.701. The molecule has 0 amide bonds. The topological polar surface area (TPSA) is 64.8 Å². The van der Waals surface area contributed by atoms with Crippen LogP contribution < -0.4 is 0 Å². The molecule has 0 unspecified atom stereocenters. The third-order valence-corrected chi connectivity index (χ3v) is 9.31. The summed E-state index contributed by atoms with van der Waals surface area (Å²) < 4.78 is 2.02. The molecule has 2 aromatic rings. The Kier molecular flexibility index (Phi) is 5.29. The summed E-state index contributed by atoms with van der Waals surface area (Å²) in [6.45, 7) is 7.83. The van der Waals surface area contributed by atoms with Gasteiger partial charge in [-0.3, -0.25) is 9.58 Å². The van der Waals surface area contributed by atoms with E-state index in [2.05, 4.69) is 28.0 Å². The van der Waals surface area contributed by atoms with Crippen LogP contribution in [0.4, 0.5) is 0 Å². The fourth-order valence-corrected chi connectivity index (χ4v) is 7.18. The van der Waals surface area contributed by atoms with E-state index >= 15 is 0 Å². The van der Waals surface area contributed by atoms with Crippen LogP contribution in [0.2, 0.25) is 5.02 Å². The Balaban J connectivity index is 1.33. The molecule has 2 aliphatic heterocycles. The molecule has 6 rings (SSSR count). The molecule has 2 aliphatic carbocycles. The van der Waals surface area contributed by atoms with Gasteiger partial charge in [0.05, 0.1) is 23.4 Å². The summed E-state index contributed by atoms with van der Waals surface area (Å²) in [6, 6.07) is 3.95. The van der Waals surface area contributed by atoms with E-state index in [0.717, 1.165) is 76.4 Å². The van der Waals surface area contributed by atoms with E-state index in [9.17, 15) is 10.2 Å². The zero-order valence-corrected chi connectivity index (χ0v) is 20.3. The molecule has 0 spiro atoms. The van der Waals surface area contributed by atoms with E-state index < -0.39 is 5.60 Å². The number of rotatable bonds is 5. The molecular formula is C26H35ClN4O2. The van der Waals surface area contributed by atoms with Gasteiger partial charge in [0.15, 0.2) is 0 Å². The second-order valence-corrected chi connectivity index (χ2v) is 11.4. The number of fused-ring (bicyclic) bond motifs is 1. The molecule has 1 aromatic heterocycles. The number of aromatic hydroxyl groups is 1. The number of nitrogens with zero attached hydrogens (tertiary/aromatic N) is 4. The van der Waals surface area contributed by atoms with Gasteiger partial charge in [-0.25, -0.2) is 0 Å². The molecule has 2 bridgehead atoms. The summed E-state index contributed by atoms with van der Waals surface area (Å²) >= 11 is 6.35. The summed E-state index contributed by atoms with van der Waals surface area (Å²) in [6.07, 6.45) is 10.1. The minimum absolute atomic E-state index is 0.119. The van der Waals surface area contributed by atoms with Gasteiger partial charge in [-0.05, 0) is 93.3 Å². The van der Waals surface area contributed by atoms with Gasteiger partial charge < -0.3 is 15.1 Å². The third kappa shape index (κ3) is 3.61. The number of aromatic nitrogens is 2. The SMILES string of the molecule is Cc1cnn(CCN2CC[C@]34CCN(CC5CC5)[C@H](Cc5cc(Cl)c(O)cc53)[C@]4(O)CC2)c1. The van der Waals surface area contributed by atoms with Gasteiger partial charge in [0.1, 0.15) is 5.75 Å². The van der Waals surface area contributed by atoms with E-state index in [1.165, 1.54) is 24.0 Å². The van der Waals surface area contributed by atoms with Crippen LogP contribution in [-0.2, 0) is 18.4 Å². The second-order valence-electron chi connectivity index (χ2n) is 11.0. The first-order valence-corrected chi connectivity index (χ1v) is 13.0. The number of likely N-dealkylation sites (tertiary alicyclic amines) is 2. The average Bonchev–Trinajstić information content (AvgIpc) is 3.53. The first kappa shape index (κ1) is 21.9. The van der Waals surface area contributed by atoms with Gasteiger partial charge in [0.2, 0.25) is 0 Å². The lowest BCUT2D eigenvalue weighted by molar-refractivity contribution is -0.149. The molecule has 7 heteroatoms. The van der Waals surface area contributed by atoms with Crippen LogP contribution in [0.25, 0.3) is 0 Å². The second kappa shape index (κ2) is 7.98. The van der Waals surface area contributed by atoms with Crippen LogP contribution in [0, 0.1) is 12.8 Å². The summed E-state index contributed by atoms with van der Waals surface area (Å²) in [7, 11) is 0. The molecule has 3 heterocycles. The van der Waals surface area contributed by atoms with Crippen molar-refractivity contribution in [2.24, 2.45) is 5.92 Å². The van der Waals surface area contributed by atoms with Crippen molar-refractivity contribution in [1.82, 2.24) is 19.6 Å². The number of hydrogen-bond acceptors (Lipinski definition) is 5. The Hall–Kier alpha value is -1.60. The molecule has 33 heavy (non-hydrogen) atoms. The predicted molar refractivity (Wildman–Crippen MR) is 129 cm³/mol. The number of aryl methyl sites for hydroxylation is 1. The maximum Gasteiger partial charge on any atom is 0.134 e. The Bertz CT molecular complexity index is 1050. The third-order valence-electron chi connectivity index (χ3n) is 9.01. The molecule has 3 atom stereocenters. The van der Waals surface area contributed by atoms with E-state index in [1.54, 1.807) is 0 Å². The molecule has 6 nitrogen and oxygen atoms in total. The van der Waals surface area contributed by atoms with Crippen molar-refractivity contribution >= 4 is 11.6 Å².